The number of nitrogens with one attached hydrogen (secondary N) is 1. The van der Waals surface area contributed by atoms with E-state index in [1.807, 2.05) is 0 Å². The normalized spacial score (nSPS) is 11.3. The molecule has 0 aliphatic heterocycles. The molecule has 2 aromatic carbocycles. The third-order valence-electron chi connectivity index (χ3n) is 3.60. The van der Waals surface area contributed by atoms with Crippen LogP contribution in [-0.4, -0.2) is 15.7 Å². The molecule has 0 unspecified atom stereocenters. The van der Waals surface area contributed by atoms with Gasteiger partial charge in [0.05, 0.1) is 11.3 Å². The summed E-state index contributed by atoms with van der Waals surface area (Å²) < 4.78 is 71.6. The number of alkyl halides is 3. The summed E-state index contributed by atoms with van der Waals surface area (Å²) in [5, 5.41) is 6.02. The van der Waals surface area contributed by atoms with Crippen molar-refractivity contribution in [2.24, 2.45) is 0 Å². The predicted molar refractivity (Wildman–Crippen MR) is 88.6 cm³/mol. The second-order valence-electron chi connectivity index (χ2n) is 5.59. The molecule has 1 heterocycles. The van der Waals surface area contributed by atoms with Crippen molar-refractivity contribution in [3.8, 4) is 5.75 Å². The van der Waals surface area contributed by atoms with E-state index in [-0.39, 0.29) is 18.2 Å². The van der Waals surface area contributed by atoms with Gasteiger partial charge in [0.15, 0.2) is 24.0 Å². The molecule has 0 radical (unpaired) electrons. The average molecular weight is 397 g/mol. The highest BCUT2D eigenvalue weighted by Crippen LogP contribution is 2.34. The lowest BCUT2D eigenvalue weighted by Gasteiger charge is -2.12. The number of carbonyl (C=O) groups excluding carboxylic acids is 1. The number of rotatable bonds is 5. The minimum Gasteiger partial charge on any atom is -0.468 e. The molecule has 10 heteroatoms. The van der Waals surface area contributed by atoms with Crippen LogP contribution >= 0.6 is 0 Å². The van der Waals surface area contributed by atoms with Crippen molar-refractivity contribution < 1.29 is 31.5 Å². The van der Waals surface area contributed by atoms with Crippen LogP contribution in [0.4, 0.5) is 27.6 Å². The largest absolute Gasteiger partial charge is 0.468 e. The maximum Gasteiger partial charge on any atom is 0.418 e. The van der Waals surface area contributed by atoms with E-state index in [0.717, 1.165) is 28.9 Å². The third-order valence-corrected chi connectivity index (χ3v) is 3.60. The van der Waals surface area contributed by atoms with Crippen LogP contribution in [0.5, 0.6) is 5.75 Å². The molecule has 0 bridgehead atoms. The van der Waals surface area contributed by atoms with Crippen LogP contribution in [-0.2, 0) is 12.9 Å². The number of amides is 1. The van der Waals surface area contributed by atoms with E-state index in [0.29, 0.717) is 6.07 Å². The fourth-order valence-electron chi connectivity index (χ4n) is 2.31. The number of hydrogen-bond acceptors (Lipinski definition) is 3. The highest BCUT2D eigenvalue weighted by Gasteiger charge is 2.33. The zero-order chi connectivity index (χ0) is 20.3. The monoisotopic (exact) mass is 397 g/mol. The molecule has 3 rings (SSSR count). The van der Waals surface area contributed by atoms with Gasteiger partial charge in [-0.1, -0.05) is 12.1 Å². The first-order chi connectivity index (χ1) is 13.2. The summed E-state index contributed by atoms with van der Waals surface area (Å²) in [6, 6.07) is 8.55. The molecule has 146 valence electrons. The average Bonchev–Trinajstić information content (AvgIpc) is 3.10. The first-order valence-corrected chi connectivity index (χ1v) is 7.83. The van der Waals surface area contributed by atoms with Crippen LogP contribution in [0.3, 0.4) is 0 Å². The van der Waals surface area contributed by atoms with Crippen molar-refractivity contribution in [2.45, 2.75) is 12.9 Å². The van der Waals surface area contributed by atoms with Crippen LogP contribution in [0.1, 0.15) is 16.1 Å². The van der Waals surface area contributed by atoms with Crippen molar-refractivity contribution in [3.05, 3.63) is 77.6 Å². The van der Waals surface area contributed by atoms with Gasteiger partial charge in [-0.05, 0) is 30.3 Å². The molecular weight excluding hydrogens is 385 g/mol. The van der Waals surface area contributed by atoms with Crippen LogP contribution in [0.2, 0.25) is 0 Å². The fraction of sp³-hybridized carbons (Fsp3) is 0.111. The van der Waals surface area contributed by atoms with Gasteiger partial charge in [-0.2, -0.15) is 18.3 Å². The lowest BCUT2D eigenvalue weighted by Crippen LogP contribution is -2.17. The molecule has 0 saturated carbocycles. The van der Waals surface area contributed by atoms with E-state index in [9.17, 15) is 26.7 Å². The zero-order valence-corrected chi connectivity index (χ0v) is 14.0. The Morgan fingerprint density at radius 2 is 1.86 bits per heavy atom. The number of halogens is 5. The van der Waals surface area contributed by atoms with E-state index in [1.165, 1.54) is 24.4 Å². The topological polar surface area (TPSA) is 56.2 Å². The summed E-state index contributed by atoms with van der Waals surface area (Å²) in [5.41, 5.74) is -1.56. The van der Waals surface area contributed by atoms with Crippen molar-refractivity contribution in [1.82, 2.24) is 9.78 Å². The SMILES string of the molecule is O=C(Nc1ccccc1C(F)(F)F)c1ccn(COc2ccc(F)cc2F)n1. The highest BCUT2D eigenvalue weighted by atomic mass is 19.4. The number of anilines is 1. The van der Waals surface area contributed by atoms with Gasteiger partial charge in [-0.3, -0.25) is 4.79 Å². The van der Waals surface area contributed by atoms with E-state index < -0.39 is 35.0 Å². The quantitative estimate of drug-likeness (QED) is 0.647. The van der Waals surface area contributed by atoms with Crippen molar-refractivity contribution in [1.29, 1.82) is 0 Å². The van der Waals surface area contributed by atoms with Gasteiger partial charge in [0.1, 0.15) is 5.82 Å². The Morgan fingerprint density at radius 3 is 2.57 bits per heavy atom. The molecule has 0 aliphatic rings. The van der Waals surface area contributed by atoms with Gasteiger partial charge in [0.2, 0.25) is 0 Å². The van der Waals surface area contributed by atoms with Gasteiger partial charge in [-0.15, -0.1) is 0 Å². The molecule has 1 aromatic heterocycles. The minimum atomic E-state index is -4.63. The third kappa shape index (κ3) is 4.45. The Bertz CT molecular complexity index is 1000. The summed E-state index contributed by atoms with van der Waals surface area (Å²) in [4.78, 5) is 12.2. The van der Waals surface area contributed by atoms with Gasteiger partial charge in [-0.25, -0.2) is 13.5 Å². The molecule has 3 aromatic rings. The summed E-state index contributed by atoms with van der Waals surface area (Å²) in [6.45, 7) is -0.297. The van der Waals surface area contributed by atoms with Gasteiger partial charge >= 0.3 is 6.18 Å². The molecule has 0 spiro atoms. The van der Waals surface area contributed by atoms with Gasteiger partial charge < -0.3 is 10.1 Å². The Hall–Kier alpha value is -3.43. The number of hydrogen-bond donors (Lipinski definition) is 1. The van der Waals surface area contributed by atoms with E-state index in [4.69, 9.17) is 4.74 Å². The van der Waals surface area contributed by atoms with E-state index >= 15 is 0 Å². The maximum atomic E-state index is 13.5. The van der Waals surface area contributed by atoms with Crippen molar-refractivity contribution >= 4 is 11.6 Å². The second-order valence-corrected chi connectivity index (χ2v) is 5.59. The summed E-state index contributed by atoms with van der Waals surface area (Å²) in [6.07, 6.45) is -3.30. The van der Waals surface area contributed by atoms with E-state index in [2.05, 4.69) is 10.4 Å². The lowest BCUT2D eigenvalue weighted by atomic mass is 10.1. The first kappa shape index (κ1) is 19.3. The molecule has 0 saturated heterocycles. The Morgan fingerprint density at radius 1 is 1.11 bits per heavy atom. The van der Waals surface area contributed by atoms with Crippen LogP contribution < -0.4 is 10.1 Å². The standard InChI is InChI=1S/C18H12F5N3O2/c19-11-5-6-16(13(20)9-11)28-10-26-8-7-15(25-26)17(27)24-14-4-2-1-3-12(14)18(21,22)23/h1-9H,10H2,(H,24,27). The number of benzene rings is 2. The number of para-hydroxylation sites is 1. The molecule has 0 aliphatic carbocycles. The van der Waals surface area contributed by atoms with E-state index in [1.54, 1.807) is 0 Å². The minimum absolute atomic E-state index is 0.167. The number of aromatic nitrogens is 2. The molecule has 1 amide bonds. The Balaban J connectivity index is 1.68. The predicted octanol–water partition coefficient (Wildman–Crippen LogP) is 4.47. The fourth-order valence-corrected chi connectivity index (χ4v) is 2.31. The second kappa shape index (κ2) is 7.67. The zero-order valence-electron chi connectivity index (χ0n) is 14.0. The molecule has 1 N–H and O–H groups in total. The van der Waals surface area contributed by atoms with Gasteiger partial charge in [0.25, 0.3) is 5.91 Å². The number of carbonyl (C=O) groups is 1. The van der Waals surface area contributed by atoms with Crippen molar-refractivity contribution in [3.63, 3.8) is 0 Å². The smallest absolute Gasteiger partial charge is 0.418 e. The van der Waals surface area contributed by atoms with Crippen molar-refractivity contribution in [2.75, 3.05) is 5.32 Å². The van der Waals surface area contributed by atoms with Gasteiger partial charge in [0, 0.05) is 12.3 Å². The number of ether oxygens (including phenoxy) is 1. The molecule has 0 atom stereocenters. The maximum absolute atomic E-state index is 13.5. The Kier molecular flexibility index (Phi) is 5.30. The van der Waals surface area contributed by atoms with Crippen LogP contribution in [0.15, 0.2) is 54.7 Å². The first-order valence-electron chi connectivity index (χ1n) is 7.83. The molecular formula is C18H12F5N3O2. The molecule has 5 nitrogen and oxygen atoms in total. The Labute approximate surface area is 155 Å². The van der Waals surface area contributed by atoms with Crippen LogP contribution in [0, 0.1) is 11.6 Å². The highest BCUT2D eigenvalue weighted by molar-refractivity contribution is 6.03. The molecule has 28 heavy (non-hydrogen) atoms. The summed E-state index contributed by atoms with van der Waals surface area (Å²) in [7, 11) is 0. The number of nitrogens with zero attached hydrogens (tertiary/aromatic N) is 2. The molecule has 0 fully saturated rings. The van der Waals surface area contributed by atoms with Crippen LogP contribution in [0.25, 0.3) is 0 Å². The summed E-state index contributed by atoms with van der Waals surface area (Å²) >= 11 is 0. The lowest BCUT2D eigenvalue weighted by molar-refractivity contribution is -0.136. The summed E-state index contributed by atoms with van der Waals surface area (Å²) in [5.74, 6) is -2.75.